The minimum absolute atomic E-state index is 0.0628. The number of carboxylic acid groups (broad SMARTS) is 1. The zero-order valence-corrected chi connectivity index (χ0v) is 20.9. The van der Waals surface area contributed by atoms with Crippen molar-refractivity contribution in [1.82, 2.24) is 20.9 Å². The highest BCUT2D eigenvalue weighted by molar-refractivity contribution is 7.98. The number of primary amides is 1. The number of hydrogen-bond donors (Lipinski definition) is 7. The van der Waals surface area contributed by atoms with E-state index < -0.39 is 60.2 Å². The van der Waals surface area contributed by atoms with E-state index in [1.54, 1.807) is 6.20 Å². The van der Waals surface area contributed by atoms with Gasteiger partial charge in [0.05, 0.1) is 12.5 Å². The molecule has 4 unspecified atom stereocenters. The van der Waals surface area contributed by atoms with Gasteiger partial charge in [0.2, 0.25) is 23.6 Å². The van der Waals surface area contributed by atoms with Gasteiger partial charge < -0.3 is 37.5 Å². The van der Waals surface area contributed by atoms with Crippen molar-refractivity contribution in [2.45, 2.75) is 50.4 Å². The van der Waals surface area contributed by atoms with Crippen molar-refractivity contribution in [2.24, 2.45) is 11.5 Å². The molecule has 0 aliphatic carbocycles. The Morgan fingerprint density at radius 2 is 1.67 bits per heavy atom. The van der Waals surface area contributed by atoms with Crippen LogP contribution < -0.4 is 27.4 Å². The van der Waals surface area contributed by atoms with Crippen molar-refractivity contribution in [3.05, 3.63) is 36.0 Å². The van der Waals surface area contributed by atoms with E-state index in [0.717, 1.165) is 16.5 Å². The molecule has 0 fully saturated rings. The minimum Gasteiger partial charge on any atom is -0.480 e. The summed E-state index contributed by atoms with van der Waals surface area (Å²) in [5.74, 6) is -3.54. The number of carbonyl (C=O) groups excluding carboxylic acids is 4. The lowest BCUT2D eigenvalue weighted by atomic mass is 10.0. The number of H-pyrrole nitrogens is 1. The summed E-state index contributed by atoms with van der Waals surface area (Å²) in [5.41, 5.74) is 12.5. The monoisotopic (exact) mass is 520 g/mol. The van der Waals surface area contributed by atoms with Gasteiger partial charge >= 0.3 is 5.97 Å². The predicted molar refractivity (Wildman–Crippen MR) is 136 cm³/mol. The Hall–Kier alpha value is -3.58. The molecule has 0 spiro atoms. The van der Waals surface area contributed by atoms with Gasteiger partial charge in [0.15, 0.2) is 0 Å². The molecule has 0 saturated carbocycles. The van der Waals surface area contributed by atoms with Gasteiger partial charge in [0.1, 0.15) is 18.1 Å². The van der Waals surface area contributed by atoms with Crippen LogP contribution in [0.15, 0.2) is 30.5 Å². The van der Waals surface area contributed by atoms with E-state index in [9.17, 15) is 24.0 Å². The van der Waals surface area contributed by atoms with Crippen LogP contribution in [0.5, 0.6) is 0 Å². The molecule has 196 valence electrons. The molecule has 0 saturated heterocycles. The fraction of sp³-hybridized carbons (Fsp3) is 0.435. The maximum absolute atomic E-state index is 13.3. The molecule has 0 aliphatic heterocycles. The third kappa shape index (κ3) is 8.27. The lowest BCUT2D eigenvalue weighted by Gasteiger charge is -2.24. The highest BCUT2D eigenvalue weighted by Gasteiger charge is 2.30. The number of aromatic amines is 1. The number of benzene rings is 1. The summed E-state index contributed by atoms with van der Waals surface area (Å²) >= 11 is 1.45. The Morgan fingerprint density at radius 1 is 1.03 bits per heavy atom. The summed E-state index contributed by atoms with van der Waals surface area (Å²) in [6, 6.07) is 2.82. The summed E-state index contributed by atoms with van der Waals surface area (Å²) in [7, 11) is 0. The van der Waals surface area contributed by atoms with Crippen LogP contribution in [-0.4, -0.2) is 75.9 Å². The fourth-order valence-corrected chi connectivity index (χ4v) is 3.94. The molecule has 1 heterocycles. The number of fused-ring (bicyclic) bond motifs is 1. The molecular weight excluding hydrogens is 488 g/mol. The van der Waals surface area contributed by atoms with Crippen LogP contribution in [0.1, 0.15) is 25.3 Å². The molecule has 2 aromatic rings. The second kappa shape index (κ2) is 13.5. The van der Waals surface area contributed by atoms with E-state index in [1.165, 1.54) is 18.7 Å². The van der Waals surface area contributed by atoms with Crippen LogP contribution in [0.3, 0.4) is 0 Å². The van der Waals surface area contributed by atoms with Gasteiger partial charge in [-0.2, -0.15) is 11.8 Å². The first kappa shape index (κ1) is 28.7. The highest BCUT2D eigenvalue weighted by atomic mass is 32.2. The lowest BCUT2D eigenvalue weighted by molar-refractivity contribution is -0.141. The average Bonchev–Trinajstić information content (AvgIpc) is 3.23. The van der Waals surface area contributed by atoms with Gasteiger partial charge in [0, 0.05) is 23.5 Å². The van der Waals surface area contributed by atoms with Gasteiger partial charge in [-0.1, -0.05) is 18.2 Å². The van der Waals surface area contributed by atoms with Crippen molar-refractivity contribution >= 4 is 52.3 Å². The standard InChI is InChI=1S/C23H32N6O6S/c1-12(23(34)35)27-21(32)17(7-8-36-2)28-22(33)18(29-20(31)15(24)10-19(25)30)9-13-11-26-16-6-4-3-5-14(13)16/h3-6,11-12,15,17-18,26H,7-10,24H2,1-2H3,(H2,25,30)(H,27,32)(H,28,33)(H,29,31)(H,34,35). The third-order valence-electron chi connectivity index (χ3n) is 5.46. The van der Waals surface area contributed by atoms with E-state index in [0.29, 0.717) is 5.75 Å². The molecule has 0 radical (unpaired) electrons. The first-order chi connectivity index (χ1) is 17.0. The summed E-state index contributed by atoms with van der Waals surface area (Å²) in [5, 5.41) is 17.5. The Kier molecular flexibility index (Phi) is 10.7. The Morgan fingerprint density at radius 3 is 2.31 bits per heavy atom. The van der Waals surface area contributed by atoms with E-state index in [1.807, 2.05) is 30.5 Å². The van der Waals surface area contributed by atoms with Gasteiger partial charge in [-0.25, -0.2) is 0 Å². The third-order valence-corrected chi connectivity index (χ3v) is 6.11. The first-order valence-corrected chi connectivity index (χ1v) is 12.6. The number of carbonyl (C=O) groups is 5. The zero-order valence-electron chi connectivity index (χ0n) is 20.1. The highest BCUT2D eigenvalue weighted by Crippen LogP contribution is 2.19. The van der Waals surface area contributed by atoms with Gasteiger partial charge in [0.25, 0.3) is 0 Å². The molecule has 0 bridgehead atoms. The number of para-hydroxylation sites is 1. The second-order valence-electron chi connectivity index (χ2n) is 8.31. The molecule has 0 aliphatic rings. The van der Waals surface area contributed by atoms with E-state index in [2.05, 4.69) is 20.9 Å². The topological polar surface area (TPSA) is 209 Å². The van der Waals surface area contributed by atoms with Gasteiger partial charge in [-0.05, 0) is 37.0 Å². The SMILES string of the molecule is CSCCC(NC(=O)C(Cc1c[nH]c2ccccc12)NC(=O)C(N)CC(N)=O)C(=O)NC(C)C(=O)O. The van der Waals surface area contributed by atoms with E-state index in [-0.39, 0.29) is 12.8 Å². The molecule has 13 heteroatoms. The molecule has 36 heavy (non-hydrogen) atoms. The number of nitrogens with two attached hydrogens (primary N) is 2. The lowest BCUT2D eigenvalue weighted by Crippen LogP contribution is -2.57. The fourth-order valence-electron chi connectivity index (χ4n) is 3.47. The molecule has 1 aromatic carbocycles. The van der Waals surface area contributed by atoms with Crippen LogP contribution in [-0.2, 0) is 30.4 Å². The summed E-state index contributed by atoms with van der Waals surface area (Å²) in [4.78, 5) is 64.1. The molecule has 1 aromatic heterocycles. The van der Waals surface area contributed by atoms with Crippen molar-refractivity contribution in [2.75, 3.05) is 12.0 Å². The normalized spacial score (nSPS) is 14.3. The molecule has 4 atom stereocenters. The van der Waals surface area contributed by atoms with Crippen LogP contribution in [0.4, 0.5) is 0 Å². The number of aromatic nitrogens is 1. The quantitative estimate of drug-likeness (QED) is 0.168. The number of amides is 4. The minimum atomic E-state index is -1.26. The summed E-state index contributed by atoms with van der Waals surface area (Å²) in [6.07, 6.45) is 3.44. The van der Waals surface area contributed by atoms with E-state index >= 15 is 0 Å². The number of nitrogens with one attached hydrogen (secondary N) is 4. The number of thioether (sulfide) groups is 1. The average molecular weight is 521 g/mol. The van der Waals surface area contributed by atoms with Crippen LogP contribution >= 0.6 is 11.8 Å². The van der Waals surface area contributed by atoms with Crippen molar-refractivity contribution < 1.29 is 29.1 Å². The number of rotatable bonds is 14. The molecule has 2 rings (SSSR count). The maximum Gasteiger partial charge on any atom is 0.325 e. The van der Waals surface area contributed by atoms with Crippen molar-refractivity contribution in [1.29, 1.82) is 0 Å². The largest absolute Gasteiger partial charge is 0.480 e. The first-order valence-electron chi connectivity index (χ1n) is 11.2. The second-order valence-corrected chi connectivity index (χ2v) is 9.30. The maximum atomic E-state index is 13.3. The van der Waals surface area contributed by atoms with Crippen LogP contribution in [0, 0.1) is 0 Å². The molecule has 4 amide bonds. The molecule has 12 nitrogen and oxygen atoms in total. The summed E-state index contributed by atoms with van der Waals surface area (Å²) < 4.78 is 0. The smallest absolute Gasteiger partial charge is 0.325 e. The number of hydrogen-bond acceptors (Lipinski definition) is 7. The van der Waals surface area contributed by atoms with E-state index in [4.69, 9.17) is 16.6 Å². The van der Waals surface area contributed by atoms with Crippen LogP contribution in [0.25, 0.3) is 10.9 Å². The Bertz CT molecular complexity index is 1110. The zero-order chi connectivity index (χ0) is 26.8. The van der Waals surface area contributed by atoms with Gasteiger partial charge in [-0.3, -0.25) is 24.0 Å². The molecular formula is C23H32N6O6S. The van der Waals surface area contributed by atoms with Crippen molar-refractivity contribution in [3.63, 3.8) is 0 Å². The molecule has 9 N–H and O–H groups in total. The van der Waals surface area contributed by atoms with Gasteiger partial charge in [-0.15, -0.1) is 0 Å². The Labute approximate surface area is 212 Å². The van der Waals surface area contributed by atoms with Crippen LogP contribution in [0.2, 0.25) is 0 Å². The predicted octanol–water partition coefficient (Wildman–Crippen LogP) is -0.775. The number of carboxylic acids is 1. The number of aliphatic carboxylic acids is 1. The summed E-state index contributed by atoms with van der Waals surface area (Å²) in [6.45, 7) is 1.31. The Balaban J connectivity index is 2.27. The van der Waals surface area contributed by atoms with Crippen molar-refractivity contribution in [3.8, 4) is 0 Å².